The van der Waals surface area contributed by atoms with E-state index in [0.29, 0.717) is 0 Å². The Labute approximate surface area is 447 Å². The SMILES string of the molecule is CC(C)(C)c1ccc(N2c3cc(N(c4ccc5ccc6ccccc6c5c4)c4cccc5c4oc4ccccc45)ccc3B3c4c2cccc4N(c2ccc(C(C)(C)C)cc2)c2ccc4sc5ccccc5c4c23)cc1. The molecule has 0 atom stereocenters. The molecule has 15 rings (SSSR count). The molecule has 4 nitrogen and oxygen atoms in total. The zero-order valence-electron chi connectivity index (χ0n) is 43.5. The smallest absolute Gasteiger partial charge is 0.253 e. The second kappa shape index (κ2) is 16.5. The first-order chi connectivity index (χ1) is 37.0. The molecule has 11 aromatic carbocycles. The van der Waals surface area contributed by atoms with E-state index in [0.717, 1.165) is 56.1 Å². The Bertz CT molecular complexity index is 4520. The molecule has 2 aromatic heterocycles. The summed E-state index contributed by atoms with van der Waals surface area (Å²) < 4.78 is 9.53. The van der Waals surface area contributed by atoms with Gasteiger partial charge in [0.25, 0.3) is 6.71 Å². The van der Waals surface area contributed by atoms with E-state index < -0.39 is 0 Å². The molecular formula is C70H54BN3OS. The monoisotopic (exact) mass is 995 g/mol. The van der Waals surface area contributed by atoms with Crippen molar-refractivity contribution in [1.82, 2.24) is 0 Å². The third-order valence-corrected chi connectivity index (χ3v) is 17.5. The van der Waals surface area contributed by atoms with Crippen LogP contribution in [0.15, 0.2) is 223 Å². The van der Waals surface area contributed by atoms with Crippen LogP contribution in [0.1, 0.15) is 52.7 Å². The van der Waals surface area contributed by atoms with Crippen LogP contribution in [0, 0.1) is 0 Å². The zero-order valence-corrected chi connectivity index (χ0v) is 44.3. The molecule has 13 aromatic rings. The van der Waals surface area contributed by atoms with Crippen molar-refractivity contribution in [2.24, 2.45) is 0 Å². The molecule has 0 saturated carbocycles. The molecule has 0 radical (unpaired) electrons. The van der Waals surface area contributed by atoms with Crippen molar-refractivity contribution >= 4 is 149 Å². The Morgan fingerprint density at radius 3 is 1.71 bits per heavy atom. The number of anilines is 9. The van der Waals surface area contributed by atoms with Gasteiger partial charge in [-0.2, -0.15) is 0 Å². The maximum absolute atomic E-state index is 6.93. The minimum absolute atomic E-state index is 0.00665. The Kier molecular flexibility index (Phi) is 9.72. The Hall–Kier alpha value is -8.58. The molecule has 0 aliphatic carbocycles. The van der Waals surface area contributed by atoms with Crippen LogP contribution in [0.3, 0.4) is 0 Å². The van der Waals surface area contributed by atoms with Crippen LogP contribution in [0.5, 0.6) is 0 Å². The van der Waals surface area contributed by atoms with Gasteiger partial charge in [-0.3, -0.25) is 0 Å². The summed E-state index contributed by atoms with van der Waals surface area (Å²) in [4.78, 5) is 7.52. The standard InChI is InChI=1S/C70H54BN3OS/c1-69(2,3)45-28-33-47(34-29-45)73-57-20-14-21-58-66(57)71(67-59(73)39-40-64-65(67)54-18-10-12-24-63(54)76-64)56-38-37-50(42-61(56)74(58)48-35-30-46(31-36-48)70(4,5)6)72(60-22-13-19-53-52-17-9-11-23-62(52)75-68(53)60)49-32-27-44-26-25-43-15-7-8-16-51(43)55(44)41-49/h7-42H,1-6H3. The molecule has 364 valence electrons. The second-order valence-electron chi connectivity index (χ2n) is 22.9. The number of rotatable bonds is 5. The summed E-state index contributed by atoms with van der Waals surface area (Å²) in [7, 11) is 0. The van der Waals surface area contributed by atoms with Crippen molar-refractivity contribution in [3.05, 3.63) is 230 Å². The summed E-state index contributed by atoms with van der Waals surface area (Å²) in [5.74, 6) is 0. The molecule has 0 spiro atoms. The quantitative estimate of drug-likeness (QED) is 0.127. The first kappa shape index (κ1) is 44.9. The van der Waals surface area contributed by atoms with Gasteiger partial charge in [-0.05, 0) is 162 Å². The lowest BCUT2D eigenvalue weighted by atomic mass is 9.33. The van der Waals surface area contributed by atoms with Crippen molar-refractivity contribution in [1.29, 1.82) is 0 Å². The Morgan fingerprint density at radius 1 is 0.421 bits per heavy atom. The number of para-hydroxylation sites is 2. The normalized spacial score (nSPS) is 13.3. The second-order valence-corrected chi connectivity index (χ2v) is 24.0. The molecule has 4 heterocycles. The Balaban J connectivity index is 1.03. The lowest BCUT2D eigenvalue weighted by Gasteiger charge is -2.44. The minimum atomic E-state index is -0.0820. The van der Waals surface area contributed by atoms with E-state index in [9.17, 15) is 0 Å². The maximum atomic E-state index is 6.93. The van der Waals surface area contributed by atoms with Gasteiger partial charge >= 0.3 is 0 Å². The molecule has 76 heavy (non-hydrogen) atoms. The molecular weight excluding hydrogens is 942 g/mol. The van der Waals surface area contributed by atoms with Gasteiger partial charge in [-0.15, -0.1) is 11.3 Å². The van der Waals surface area contributed by atoms with E-state index in [-0.39, 0.29) is 17.5 Å². The van der Waals surface area contributed by atoms with Crippen LogP contribution < -0.4 is 31.1 Å². The van der Waals surface area contributed by atoms with Gasteiger partial charge in [0, 0.05) is 65.7 Å². The highest BCUT2D eigenvalue weighted by molar-refractivity contribution is 7.26. The number of hydrogen-bond donors (Lipinski definition) is 0. The highest BCUT2D eigenvalue weighted by Gasteiger charge is 2.45. The maximum Gasteiger partial charge on any atom is 0.253 e. The number of hydrogen-bond acceptors (Lipinski definition) is 5. The molecule has 0 bridgehead atoms. The summed E-state index contributed by atoms with van der Waals surface area (Å²) in [5.41, 5.74) is 18.4. The average Bonchev–Trinajstić information content (AvgIpc) is 4.12. The van der Waals surface area contributed by atoms with Crippen LogP contribution in [0.2, 0.25) is 0 Å². The fourth-order valence-corrected chi connectivity index (χ4v) is 13.7. The van der Waals surface area contributed by atoms with Crippen LogP contribution in [0.4, 0.5) is 51.2 Å². The molecule has 0 N–H and O–H groups in total. The van der Waals surface area contributed by atoms with Gasteiger partial charge in [0.15, 0.2) is 5.58 Å². The van der Waals surface area contributed by atoms with Crippen LogP contribution >= 0.6 is 11.3 Å². The summed E-state index contributed by atoms with van der Waals surface area (Å²) in [6.07, 6.45) is 0. The number of furan rings is 1. The van der Waals surface area contributed by atoms with Crippen molar-refractivity contribution in [2.75, 3.05) is 14.7 Å². The van der Waals surface area contributed by atoms with Gasteiger partial charge in [-0.25, -0.2) is 0 Å². The number of fused-ring (bicyclic) bond motifs is 14. The molecule has 6 heteroatoms. The molecule has 0 unspecified atom stereocenters. The fraction of sp³-hybridized carbons (Fsp3) is 0.114. The van der Waals surface area contributed by atoms with Gasteiger partial charge in [0.2, 0.25) is 0 Å². The first-order valence-electron chi connectivity index (χ1n) is 26.6. The topological polar surface area (TPSA) is 22.9 Å². The van der Waals surface area contributed by atoms with Crippen molar-refractivity contribution < 1.29 is 4.42 Å². The molecule has 2 aliphatic heterocycles. The molecule has 0 fully saturated rings. The van der Waals surface area contributed by atoms with Gasteiger partial charge < -0.3 is 19.1 Å². The van der Waals surface area contributed by atoms with E-state index in [1.54, 1.807) is 0 Å². The highest BCUT2D eigenvalue weighted by Crippen LogP contribution is 2.50. The third-order valence-electron chi connectivity index (χ3n) is 16.3. The number of benzene rings is 11. The predicted molar refractivity (Wildman–Crippen MR) is 328 cm³/mol. The van der Waals surface area contributed by atoms with E-state index >= 15 is 0 Å². The zero-order chi connectivity index (χ0) is 51.2. The minimum Gasteiger partial charge on any atom is -0.454 e. The van der Waals surface area contributed by atoms with Crippen LogP contribution in [-0.2, 0) is 10.8 Å². The van der Waals surface area contributed by atoms with Gasteiger partial charge in [0.05, 0.1) is 5.69 Å². The van der Waals surface area contributed by atoms with Crippen LogP contribution in [-0.4, -0.2) is 6.71 Å². The number of nitrogens with zero attached hydrogens (tertiary/aromatic N) is 3. The van der Waals surface area contributed by atoms with Crippen LogP contribution in [0.25, 0.3) is 63.7 Å². The first-order valence-corrected chi connectivity index (χ1v) is 27.4. The van der Waals surface area contributed by atoms with Gasteiger partial charge in [0.1, 0.15) is 5.58 Å². The lowest BCUT2D eigenvalue weighted by Crippen LogP contribution is -2.61. The largest absolute Gasteiger partial charge is 0.454 e. The fourth-order valence-electron chi connectivity index (χ4n) is 12.6. The summed E-state index contributed by atoms with van der Waals surface area (Å²) in [6.45, 7) is 13.7. The van der Waals surface area contributed by atoms with E-state index in [4.69, 9.17) is 4.42 Å². The highest BCUT2D eigenvalue weighted by atomic mass is 32.1. The van der Waals surface area contributed by atoms with Crippen molar-refractivity contribution in [2.45, 2.75) is 52.4 Å². The predicted octanol–water partition coefficient (Wildman–Crippen LogP) is 18.4. The van der Waals surface area contributed by atoms with Gasteiger partial charge in [-0.1, -0.05) is 169 Å². The summed E-state index contributed by atoms with van der Waals surface area (Å²) in [5, 5.41) is 9.69. The average molecular weight is 996 g/mol. The van der Waals surface area contributed by atoms with Crippen molar-refractivity contribution in [3.8, 4) is 0 Å². The summed E-state index contributed by atoms with van der Waals surface area (Å²) >= 11 is 1.89. The van der Waals surface area contributed by atoms with E-state index in [1.807, 2.05) is 11.3 Å². The molecule has 0 saturated heterocycles. The van der Waals surface area contributed by atoms with Crippen molar-refractivity contribution in [3.63, 3.8) is 0 Å². The molecule has 0 amide bonds. The van der Waals surface area contributed by atoms with E-state index in [2.05, 4.69) is 275 Å². The summed E-state index contributed by atoms with van der Waals surface area (Å²) in [6, 6.07) is 81.8. The molecule has 2 aliphatic rings. The number of thiophene rings is 1. The third kappa shape index (κ3) is 6.76. The lowest BCUT2D eigenvalue weighted by molar-refractivity contribution is 0.590. The van der Waals surface area contributed by atoms with E-state index in [1.165, 1.54) is 86.3 Å². The Morgan fingerprint density at radius 2 is 0.987 bits per heavy atom.